The predicted molar refractivity (Wildman–Crippen MR) is 115 cm³/mol. The molecule has 29 heavy (non-hydrogen) atoms. The molecule has 4 rings (SSSR count). The van der Waals surface area contributed by atoms with Crippen LogP contribution in [0.15, 0.2) is 41.2 Å². The molecule has 1 amide bonds. The van der Waals surface area contributed by atoms with Gasteiger partial charge in [-0.25, -0.2) is 0 Å². The van der Waals surface area contributed by atoms with Gasteiger partial charge in [-0.3, -0.25) is 14.5 Å². The molecule has 2 heterocycles. The summed E-state index contributed by atoms with van der Waals surface area (Å²) in [6, 6.07) is 12.3. The average Bonchev–Trinajstić information content (AvgIpc) is 2.75. The van der Waals surface area contributed by atoms with Gasteiger partial charge in [-0.1, -0.05) is 37.3 Å². The number of benzene rings is 1. The van der Waals surface area contributed by atoms with E-state index in [0.29, 0.717) is 6.54 Å². The zero-order chi connectivity index (χ0) is 20.2. The molecule has 1 unspecified atom stereocenters. The Labute approximate surface area is 172 Å². The van der Waals surface area contributed by atoms with E-state index in [1.807, 2.05) is 24.3 Å². The van der Waals surface area contributed by atoms with E-state index >= 15 is 0 Å². The number of hydrogen-bond acceptors (Lipinski definition) is 3. The highest BCUT2D eigenvalue weighted by Gasteiger charge is 2.26. The van der Waals surface area contributed by atoms with E-state index in [1.165, 1.54) is 18.4 Å². The summed E-state index contributed by atoms with van der Waals surface area (Å²) < 4.78 is 0. The van der Waals surface area contributed by atoms with Crippen LogP contribution in [0.3, 0.4) is 0 Å². The number of carbonyl (C=O) groups excluding carboxylic acids is 1. The number of aromatic amines is 1. The summed E-state index contributed by atoms with van der Waals surface area (Å²) in [6.07, 6.45) is 6.41. The first-order chi connectivity index (χ1) is 14.1. The second kappa shape index (κ2) is 8.95. The van der Waals surface area contributed by atoms with Gasteiger partial charge in [0.2, 0.25) is 0 Å². The SMILES string of the molecule is CC1CCN(C(CNC(=O)c2cc3c([nH]c2=O)CCCC3)c2ccccc2)CC1. The summed E-state index contributed by atoms with van der Waals surface area (Å²) in [5, 5.41) is 3.05. The molecule has 1 atom stereocenters. The number of amides is 1. The largest absolute Gasteiger partial charge is 0.350 e. The number of carbonyl (C=O) groups is 1. The Kier molecular flexibility index (Phi) is 6.14. The Morgan fingerprint density at radius 2 is 1.90 bits per heavy atom. The molecule has 5 heteroatoms. The summed E-state index contributed by atoms with van der Waals surface area (Å²) >= 11 is 0. The fraction of sp³-hybridized carbons (Fsp3) is 0.500. The summed E-state index contributed by atoms with van der Waals surface area (Å²) in [6.45, 7) is 4.89. The quantitative estimate of drug-likeness (QED) is 0.818. The first-order valence-electron chi connectivity index (χ1n) is 10.9. The lowest BCUT2D eigenvalue weighted by molar-refractivity contribution is 0.0911. The molecule has 0 spiro atoms. The number of rotatable bonds is 5. The van der Waals surface area contributed by atoms with Gasteiger partial charge < -0.3 is 10.3 Å². The van der Waals surface area contributed by atoms with Gasteiger partial charge in [-0.15, -0.1) is 0 Å². The van der Waals surface area contributed by atoms with Crippen LogP contribution >= 0.6 is 0 Å². The third-order valence-electron chi connectivity index (χ3n) is 6.48. The lowest BCUT2D eigenvalue weighted by atomic mass is 9.94. The van der Waals surface area contributed by atoms with Crippen LogP contribution in [0, 0.1) is 5.92 Å². The van der Waals surface area contributed by atoms with Crippen molar-refractivity contribution < 1.29 is 4.79 Å². The monoisotopic (exact) mass is 393 g/mol. The fourth-order valence-corrected chi connectivity index (χ4v) is 4.60. The molecule has 5 nitrogen and oxygen atoms in total. The van der Waals surface area contributed by atoms with Crippen LogP contribution in [0.4, 0.5) is 0 Å². The molecule has 1 aliphatic heterocycles. The number of aromatic nitrogens is 1. The molecule has 2 N–H and O–H groups in total. The number of piperidine rings is 1. The van der Waals surface area contributed by atoms with Gasteiger partial charge in [-0.05, 0) is 74.7 Å². The molecule has 2 aliphatic rings. The zero-order valence-electron chi connectivity index (χ0n) is 17.2. The number of nitrogens with zero attached hydrogens (tertiary/aromatic N) is 1. The molecule has 0 bridgehead atoms. The van der Waals surface area contributed by atoms with E-state index in [1.54, 1.807) is 0 Å². The van der Waals surface area contributed by atoms with Gasteiger partial charge in [0, 0.05) is 12.2 Å². The zero-order valence-corrected chi connectivity index (χ0v) is 17.2. The molecule has 1 aromatic heterocycles. The van der Waals surface area contributed by atoms with Crippen molar-refractivity contribution in [2.45, 2.75) is 51.5 Å². The normalized spacial score (nSPS) is 18.8. The Balaban J connectivity index is 1.50. The van der Waals surface area contributed by atoms with Crippen molar-refractivity contribution in [1.82, 2.24) is 15.2 Å². The van der Waals surface area contributed by atoms with E-state index < -0.39 is 0 Å². The van der Waals surface area contributed by atoms with Gasteiger partial charge in [-0.2, -0.15) is 0 Å². The third-order valence-corrected chi connectivity index (χ3v) is 6.48. The molecule has 0 radical (unpaired) electrons. The Morgan fingerprint density at radius 3 is 2.66 bits per heavy atom. The number of aryl methyl sites for hydroxylation is 2. The average molecular weight is 394 g/mol. The summed E-state index contributed by atoms with van der Waals surface area (Å²) in [5.41, 5.74) is 3.30. The predicted octanol–water partition coefficient (Wildman–Crippen LogP) is 3.46. The Bertz CT molecular complexity index is 898. The molecule has 0 saturated carbocycles. The first-order valence-corrected chi connectivity index (χ1v) is 10.9. The van der Waals surface area contributed by atoms with E-state index in [9.17, 15) is 9.59 Å². The van der Waals surface area contributed by atoms with Crippen LogP contribution < -0.4 is 10.9 Å². The van der Waals surface area contributed by atoms with E-state index in [0.717, 1.165) is 55.9 Å². The molecule has 1 aromatic carbocycles. The number of nitrogens with one attached hydrogen (secondary N) is 2. The van der Waals surface area contributed by atoms with Gasteiger partial charge in [0.25, 0.3) is 11.5 Å². The standard InChI is InChI=1S/C24H31N3O2/c1-17-11-13-27(14-12-17)22(18-7-3-2-4-8-18)16-25-23(28)20-15-19-9-5-6-10-21(19)26-24(20)29/h2-4,7-8,15,17,22H,5-6,9-14,16H2,1H3,(H,25,28)(H,26,29). The topological polar surface area (TPSA) is 65.2 Å². The minimum absolute atomic E-state index is 0.129. The van der Waals surface area contributed by atoms with Gasteiger partial charge in [0.1, 0.15) is 5.56 Å². The second-order valence-corrected chi connectivity index (χ2v) is 8.58. The van der Waals surface area contributed by atoms with Gasteiger partial charge in [0.05, 0.1) is 6.04 Å². The molecule has 2 aromatic rings. The van der Waals surface area contributed by atoms with E-state index in [-0.39, 0.29) is 23.1 Å². The highest BCUT2D eigenvalue weighted by atomic mass is 16.2. The van der Waals surface area contributed by atoms with Crippen molar-refractivity contribution in [3.05, 3.63) is 69.1 Å². The smallest absolute Gasteiger partial charge is 0.261 e. The summed E-state index contributed by atoms with van der Waals surface area (Å²) in [7, 11) is 0. The summed E-state index contributed by atoms with van der Waals surface area (Å²) in [5.74, 6) is 0.484. The van der Waals surface area contributed by atoms with Crippen LogP contribution in [0.5, 0.6) is 0 Å². The minimum atomic E-state index is -0.272. The van der Waals surface area contributed by atoms with Crippen LogP contribution in [0.2, 0.25) is 0 Å². The summed E-state index contributed by atoms with van der Waals surface area (Å²) in [4.78, 5) is 30.7. The van der Waals surface area contributed by atoms with Crippen LogP contribution in [-0.2, 0) is 12.8 Å². The number of fused-ring (bicyclic) bond motifs is 1. The molecular formula is C24H31N3O2. The highest BCUT2D eigenvalue weighted by Crippen LogP contribution is 2.26. The Morgan fingerprint density at radius 1 is 1.17 bits per heavy atom. The Hall–Kier alpha value is -2.40. The number of pyridine rings is 1. The van der Waals surface area contributed by atoms with Gasteiger partial charge >= 0.3 is 0 Å². The minimum Gasteiger partial charge on any atom is -0.350 e. The number of H-pyrrole nitrogens is 1. The fourth-order valence-electron chi connectivity index (χ4n) is 4.60. The van der Waals surface area contributed by atoms with E-state index in [2.05, 4.69) is 34.3 Å². The maximum Gasteiger partial charge on any atom is 0.261 e. The maximum absolute atomic E-state index is 12.9. The second-order valence-electron chi connectivity index (χ2n) is 8.58. The molecule has 1 aliphatic carbocycles. The number of likely N-dealkylation sites (tertiary alicyclic amines) is 1. The van der Waals surface area contributed by atoms with Crippen LogP contribution in [0.25, 0.3) is 0 Å². The molecule has 1 fully saturated rings. The van der Waals surface area contributed by atoms with Crippen LogP contribution in [-0.4, -0.2) is 35.4 Å². The molecule has 1 saturated heterocycles. The van der Waals surface area contributed by atoms with Crippen LogP contribution in [0.1, 0.15) is 65.8 Å². The maximum atomic E-state index is 12.9. The first kappa shape index (κ1) is 19.9. The van der Waals surface area contributed by atoms with Crippen molar-refractivity contribution in [3.63, 3.8) is 0 Å². The van der Waals surface area contributed by atoms with Crippen molar-refractivity contribution >= 4 is 5.91 Å². The van der Waals surface area contributed by atoms with Crippen molar-refractivity contribution in [3.8, 4) is 0 Å². The lowest BCUT2D eigenvalue weighted by Crippen LogP contribution is -2.42. The van der Waals surface area contributed by atoms with Crippen molar-refractivity contribution in [1.29, 1.82) is 0 Å². The third kappa shape index (κ3) is 4.61. The lowest BCUT2D eigenvalue weighted by Gasteiger charge is -2.37. The van der Waals surface area contributed by atoms with Crippen molar-refractivity contribution in [2.75, 3.05) is 19.6 Å². The highest BCUT2D eigenvalue weighted by molar-refractivity contribution is 5.94. The van der Waals surface area contributed by atoms with E-state index in [4.69, 9.17) is 0 Å². The van der Waals surface area contributed by atoms with Crippen molar-refractivity contribution in [2.24, 2.45) is 5.92 Å². The molecular weight excluding hydrogens is 362 g/mol. The number of hydrogen-bond donors (Lipinski definition) is 2. The molecule has 154 valence electrons. The van der Waals surface area contributed by atoms with Gasteiger partial charge in [0.15, 0.2) is 0 Å².